The first-order valence-corrected chi connectivity index (χ1v) is 12.5. The minimum Gasteiger partial charge on any atom is -0.339 e. The molecule has 10 heteroatoms. The number of thiophene rings is 1. The summed E-state index contributed by atoms with van der Waals surface area (Å²) in [6, 6.07) is 9.13. The summed E-state index contributed by atoms with van der Waals surface area (Å²) in [7, 11) is -3.71. The third-order valence-corrected chi connectivity index (χ3v) is 8.52. The van der Waals surface area contributed by atoms with Gasteiger partial charge in [0.15, 0.2) is 0 Å². The number of piperidine rings is 1. The molecule has 31 heavy (non-hydrogen) atoms. The van der Waals surface area contributed by atoms with E-state index in [1.54, 1.807) is 11.4 Å². The molecule has 2 aromatic heterocycles. The number of anilines is 1. The number of hydrogen-bond donors (Lipinski definition) is 1. The van der Waals surface area contributed by atoms with Crippen molar-refractivity contribution in [2.45, 2.75) is 37.3 Å². The van der Waals surface area contributed by atoms with Gasteiger partial charge in [0.25, 0.3) is 10.0 Å². The molecule has 164 valence electrons. The molecule has 0 saturated carbocycles. The zero-order valence-corrected chi connectivity index (χ0v) is 19.0. The molecule has 1 aliphatic rings. The van der Waals surface area contributed by atoms with E-state index in [0.717, 1.165) is 22.6 Å². The molecule has 1 N–H and O–H groups in total. The van der Waals surface area contributed by atoms with Gasteiger partial charge in [-0.25, -0.2) is 8.42 Å². The number of nitrogens with one attached hydrogen (secondary N) is 1. The molecule has 0 spiro atoms. The second kappa shape index (κ2) is 8.89. The van der Waals surface area contributed by atoms with Crippen LogP contribution >= 0.6 is 11.3 Å². The number of aromatic nitrogens is 2. The van der Waals surface area contributed by atoms with Crippen LogP contribution < -0.4 is 5.32 Å². The van der Waals surface area contributed by atoms with E-state index in [1.165, 1.54) is 4.31 Å². The van der Waals surface area contributed by atoms with Crippen molar-refractivity contribution in [1.82, 2.24) is 14.4 Å². The standard InChI is InChI=1S/C21H24N4O4S2/c1-3-18-23-20(24-29-18)16-11-19(30-13-16)31(27,28)25-9-5-7-15(12-25)21(26)22-17-8-4-6-14(2)10-17/h4,6,8,10-11,13,15H,3,5,7,9,12H2,1-2H3,(H,22,26)/t15-/m1/s1. The van der Waals surface area contributed by atoms with Crippen LogP contribution in [0, 0.1) is 12.8 Å². The smallest absolute Gasteiger partial charge is 0.252 e. The van der Waals surface area contributed by atoms with Crippen LogP contribution in [0.2, 0.25) is 0 Å². The molecule has 1 amide bonds. The molecule has 0 radical (unpaired) electrons. The molecule has 8 nitrogen and oxygen atoms in total. The van der Waals surface area contributed by atoms with Crippen LogP contribution in [0.1, 0.15) is 31.2 Å². The van der Waals surface area contributed by atoms with Crippen molar-refractivity contribution in [1.29, 1.82) is 0 Å². The third kappa shape index (κ3) is 4.70. The van der Waals surface area contributed by atoms with E-state index in [0.29, 0.717) is 43.1 Å². The van der Waals surface area contributed by atoms with Crippen molar-refractivity contribution in [3.05, 3.63) is 47.2 Å². The molecule has 0 aliphatic carbocycles. The van der Waals surface area contributed by atoms with E-state index in [9.17, 15) is 13.2 Å². The lowest BCUT2D eigenvalue weighted by Gasteiger charge is -2.30. The minimum atomic E-state index is -3.71. The van der Waals surface area contributed by atoms with Crippen molar-refractivity contribution in [3.63, 3.8) is 0 Å². The summed E-state index contributed by atoms with van der Waals surface area (Å²) in [5.74, 6) is 0.330. The van der Waals surface area contributed by atoms with Gasteiger partial charge in [-0.05, 0) is 43.5 Å². The van der Waals surface area contributed by atoms with Crippen molar-refractivity contribution in [2.75, 3.05) is 18.4 Å². The normalized spacial score (nSPS) is 17.5. The number of hydrogen-bond acceptors (Lipinski definition) is 7. The fourth-order valence-corrected chi connectivity index (χ4v) is 6.39. The molecule has 0 unspecified atom stereocenters. The Labute approximate surface area is 185 Å². The summed E-state index contributed by atoms with van der Waals surface area (Å²) in [4.78, 5) is 17.0. The Morgan fingerprint density at radius 3 is 2.94 bits per heavy atom. The first kappa shape index (κ1) is 21.7. The van der Waals surface area contributed by atoms with Crippen LogP contribution in [0.3, 0.4) is 0 Å². The number of sulfonamides is 1. The summed E-state index contributed by atoms with van der Waals surface area (Å²) < 4.78 is 33.1. The maximum absolute atomic E-state index is 13.2. The van der Waals surface area contributed by atoms with Crippen LogP contribution in [0.15, 0.2) is 44.4 Å². The van der Waals surface area contributed by atoms with Crippen LogP contribution in [-0.2, 0) is 21.2 Å². The van der Waals surface area contributed by atoms with Crippen LogP contribution in [0.5, 0.6) is 0 Å². The molecular formula is C21H24N4O4S2. The quantitative estimate of drug-likeness (QED) is 0.601. The maximum atomic E-state index is 13.2. The summed E-state index contributed by atoms with van der Waals surface area (Å²) in [5, 5.41) is 8.53. The van der Waals surface area contributed by atoms with E-state index in [2.05, 4.69) is 15.5 Å². The molecule has 0 bridgehead atoms. The number of aryl methyl sites for hydroxylation is 2. The Morgan fingerprint density at radius 1 is 1.35 bits per heavy atom. The summed E-state index contributed by atoms with van der Waals surface area (Å²) in [6.07, 6.45) is 1.90. The Morgan fingerprint density at radius 2 is 2.19 bits per heavy atom. The van der Waals surface area contributed by atoms with Gasteiger partial charge in [0.2, 0.25) is 17.6 Å². The summed E-state index contributed by atoms with van der Waals surface area (Å²) in [5.41, 5.74) is 2.38. The largest absolute Gasteiger partial charge is 0.339 e. The topological polar surface area (TPSA) is 105 Å². The van der Waals surface area contributed by atoms with E-state index in [-0.39, 0.29) is 16.7 Å². The predicted octanol–water partition coefficient (Wildman–Crippen LogP) is 3.71. The first-order valence-electron chi connectivity index (χ1n) is 10.2. The molecule has 1 saturated heterocycles. The highest BCUT2D eigenvalue weighted by molar-refractivity contribution is 7.91. The molecule has 1 atom stereocenters. The van der Waals surface area contributed by atoms with E-state index in [4.69, 9.17) is 4.52 Å². The van der Waals surface area contributed by atoms with Crippen molar-refractivity contribution in [2.24, 2.45) is 5.92 Å². The summed E-state index contributed by atoms with van der Waals surface area (Å²) in [6.45, 7) is 4.42. The van der Waals surface area contributed by atoms with E-state index in [1.807, 2.05) is 38.1 Å². The minimum absolute atomic E-state index is 0.156. The van der Waals surface area contributed by atoms with E-state index >= 15 is 0 Å². The SMILES string of the molecule is CCc1nc(-c2csc(S(=O)(=O)N3CCC[C@@H](C(=O)Nc4cccc(C)c4)C3)c2)no1. The van der Waals surface area contributed by atoms with Crippen LogP contribution in [0.4, 0.5) is 5.69 Å². The van der Waals surface area contributed by atoms with Crippen molar-refractivity contribution in [3.8, 4) is 11.4 Å². The number of rotatable bonds is 6. The second-order valence-corrected chi connectivity index (χ2v) is 10.7. The van der Waals surface area contributed by atoms with Gasteiger partial charge in [-0.3, -0.25) is 4.79 Å². The fourth-order valence-electron chi connectivity index (χ4n) is 3.55. The van der Waals surface area contributed by atoms with Gasteiger partial charge in [-0.15, -0.1) is 11.3 Å². The Hall–Kier alpha value is -2.56. The number of amides is 1. The highest BCUT2D eigenvalue weighted by atomic mass is 32.2. The van der Waals surface area contributed by atoms with Gasteiger partial charge in [-0.1, -0.05) is 24.2 Å². The average molecular weight is 461 g/mol. The van der Waals surface area contributed by atoms with Crippen molar-refractivity contribution < 1.29 is 17.7 Å². The van der Waals surface area contributed by atoms with Gasteiger partial charge in [0.1, 0.15) is 4.21 Å². The summed E-state index contributed by atoms with van der Waals surface area (Å²) >= 11 is 1.12. The number of carbonyl (C=O) groups is 1. The lowest BCUT2D eigenvalue weighted by atomic mass is 9.98. The molecule has 3 heterocycles. The van der Waals surface area contributed by atoms with Crippen molar-refractivity contribution >= 4 is 33.0 Å². The van der Waals surface area contributed by atoms with Gasteiger partial charge in [-0.2, -0.15) is 9.29 Å². The molecule has 1 fully saturated rings. The van der Waals surface area contributed by atoms with Crippen LogP contribution in [0.25, 0.3) is 11.4 Å². The monoisotopic (exact) mass is 460 g/mol. The molecule has 4 rings (SSSR count). The molecular weight excluding hydrogens is 436 g/mol. The van der Waals surface area contributed by atoms with Gasteiger partial charge in [0.05, 0.1) is 5.92 Å². The Kier molecular flexibility index (Phi) is 6.22. The lowest BCUT2D eigenvalue weighted by Crippen LogP contribution is -2.43. The maximum Gasteiger partial charge on any atom is 0.252 e. The fraction of sp³-hybridized carbons (Fsp3) is 0.381. The number of carbonyl (C=O) groups excluding carboxylic acids is 1. The molecule has 3 aromatic rings. The highest BCUT2D eigenvalue weighted by Gasteiger charge is 2.34. The lowest BCUT2D eigenvalue weighted by molar-refractivity contribution is -0.120. The van der Waals surface area contributed by atoms with Crippen LogP contribution in [-0.4, -0.2) is 41.9 Å². The zero-order valence-electron chi connectivity index (χ0n) is 17.4. The average Bonchev–Trinajstić information content (AvgIpc) is 3.43. The number of benzene rings is 1. The van der Waals surface area contributed by atoms with Gasteiger partial charge in [0, 0.05) is 36.1 Å². The van der Waals surface area contributed by atoms with Gasteiger partial charge >= 0.3 is 0 Å². The third-order valence-electron chi connectivity index (χ3n) is 5.24. The van der Waals surface area contributed by atoms with E-state index < -0.39 is 15.9 Å². The molecule has 1 aromatic carbocycles. The Bertz CT molecular complexity index is 1190. The molecule has 1 aliphatic heterocycles. The first-order chi connectivity index (χ1) is 14.9. The Balaban J connectivity index is 1.47. The zero-order chi connectivity index (χ0) is 22.0. The highest BCUT2D eigenvalue weighted by Crippen LogP contribution is 2.31. The second-order valence-electron chi connectivity index (χ2n) is 7.58. The number of nitrogens with zero attached hydrogens (tertiary/aromatic N) is 3. The predicted molar refractivity (Wildman–Crippen MR) is 118 cm³/mol. The van der Waals surface area contributed by atoms with Gasteiger partial charge < -0.3 is 9.84 Å².